The summed E-state index contributed by atoms with van der Waals surface area (Å²) in [5.41, 5.74) is 0. The minimum Gasteiger partial charge on any atom is -0.343 e. The van der Waals surface area contributed by atoms with Gasteiger partial charge in [0.25, 0.3) is 0 Å². The minimum atomic E-state index is 0.152. The SMILES string of the molecule is CC.CC(=O)N1CCC(N(C(C)=O)C2CC2)CC1. The summed E-state index contributed by atoms with van der Waals surface area (Å²) >= 11 is 0. The van der Waals surface area contributed by atoms with Crippen molar-refractivity contribution in [2.75, 3.05) is 13.1 Å². The van der Waals surface area contributed by atoms with E-state index in [9.17, 15) is 9.59 Å². The van der Waals surface area contributed by atoms with Crippen LogP contribution in [0.15, 0.2) is 0 Å². The van der Waals surface area contributed by atoms with Crippen LogP contribution in [0.25, 0.3) is 0 Å². The second-order valence-corrected chi connectivity index (χ2v) is 4.89. The van der Waals surface area contributed by atoms with Gasteiger partial charge in [0.15, 0.2) is 0 Å². The molecule has 2 aliphatic rings. The van der Waals surface area contributed by atoms with Gasteiger partial charge in [-0.25, -0.2) is 0 Å². The first-order valence-corrected chi connectivity index (χ1v) is 7.14. The first kappa shape index (κ1) is 15.0. The Labute approximate surface area is 110 Å². The summed E-state index contributed by atoms with van der Waals surface area (Å²) in [6.07, 6.45) is 4.20. The lowest BCUT2D eigenvalue weighted by Gasteiger charge is -2.38. The van der Waals surface area contributed by atoms with Crippen molar-refractivity contribution in [2.45, 2.75) is 65.5 Å². The van der Waals surface area contributed by atoms with Gasteiger partial charge in [-0.2, -0.15) is 0 Å². The first-order chi connectivity index (χ1) is 8.59. The molecule has 2 fully saturated rings. The maximum Gasteiger partial charge on any atom is 0.219 e. The van der Waals surface area contributed by atoms with E-state index in [1.807, 2.05) is 18.7 Å². The lowest BCUT2D eigenvalue weighted by Crippen LogP contribution is -2.48. The van der Waals surface area contributed by atoms with E-state index in [4.69, 9.17) is 0 Å². The number of hydrogen-bond donors (Lipinski definition) is 0. The third-order valence-electron chi connectivity index (χ3n) is 3.61. The van der Waals surface area contributed by atoms with Gasteiger partial charge in [0.1, 0.15) is 0 Å². The van der Waals surface area contributed by atoms with Gasteiger partial charge in [-0.1, -0.05) is 13.8 Å². The molecular weight excluding hydrogens is 228 g/mol. The van der Waals surface area contributed by atoms with Gasteiger partial charge in [0, 0.05) is 39.0 Å². The van der Waals surface area contributed by atoms with Crippen LogP contribution in [-0.2, 0) is 9.59 Å². The second-order valence-electron chi connectivity index (χ2n) is 4.89. The molecule has 2 amide bonds. The fraction of sp³-hybridized carbons (Fsp3) is 0.857. The van der Waals surface area contributed by atoms with Crippen LogP contribution in [0, 0.1) is 0 Å². The monoisotopic (exact) mass is 254 g/mol. The largest absolute Gasteiger partial charge is 0.343 e. The van der Waals surface area contributed by atoms with Gasteiger partial charge in [-0.15, -0.1) is 0 Å². The molecule has 0 N–H and O–H groups in total. The molecule has 0 unspecified atom stereocenters. The van der Waals surface area contributed by atoms with Crippen molar-refractivity contribution in [1.82, 2.24) is 9.80 Å². The van der Waals surface area contributed by atoms with Crippen molar-refractivity contribution < 1.29 is 9.59 Å². The number of hydrogen-bond acceptors (Lipinski definition) is 2. The molecule has 2 rings (SSSR count). The maximum atomic E-state index is 11.6. The smallest absolute Gasteiger partial charge is 0.219 e. The van der Waals surface area contributed by atoms with Gasteiger partial charge < -0.3 is 9.80 Å². The van der Waals surface area contributed by atoms with Crippen LogP contribution >= 0.6 is 0 Å². The Hall–Kier alpha value is -1.06. The van der Waals surface area contributed by atoms with E-state index < -0.39 is 0 Å². The summed E-state index contributed by atoms with van der Waals surface area (Å²) in [6, 6.07) is 0.854. The Bertz CT molecular complexity index is 292. The Kier molecular flexibility index (Phi) is 5.63. The van der Waals surface area contributed by atoms with Crippen molar-refractivity contribution in [2.24, 2.45) is 0 Å². The van der Waals surface area contributed by atoms with E-state index in [-0.39, 0.29) is 11.8 Å². The molecule has 0 aromatic carbocycles. The topological polar surface area (TPSA) is 40.6 Å². The molecule has 0 spiro atoms. The number of carbonyl (C=O) groups excluding carboxylic acids is 2. The highest BCUT2D eigenvalue weighted by molar-refractivity contribution is 5.75. The van der Waals surface area contributed by atoms with Crippen LogP contribution in [0.2, 0.25) is 0 Å². The van der Waals surface area contributed by atoms with Crippen LogP contribution in [-0.4, -0.2) is 46.8 Å². The predicted molar refractivity (Wildman–Crippen MR) is 72.2 cm³/mol. The van der Waals surface area contributed by atoms with Gasteiger partial charge in [0.2, 0.25) is 11.8 Å². The van der Waals surface area contributed by atoms with E-state index in [1.165, 1.54) is 0 Å². The second kappa shape index (κ2) is 6.76. The normalized spacial score (nSPS) is 19.9. The zero-order valence-electron chi connectivity index (χ0n) is 12.1. The molecule has 0 radical (unpaired) electrons. The average Bonchev–Trinajstić information content (AvgIpc) is 3.16. The molecule has 1 saturated carbocycles. The Morgan fingerprint density at radius 1 is 0.944 bits per heavy atom. The number of carbonyl (C=O) groups is 2. The molecule has 0 aromatic heterocycles. The molecule has 1 aliphatic heterocycles. The number of nitrogens with zero attached hydrogens (tertiary/aromatic N) is 2. The van der Waals surface area contributed by atoms with Crippen LogP contribution in [0.1, 0.15) is 53.4 Å². The summed E-state index contributed by atoms with van der Waals surface area (Å²) in [5.74, 6) is 0.350. The Morgan fingerprint density at radius 2 is 1.39 bits per heavy atom. The van der Waals surface area contributed by atoms with Crippen LogP contribution in [0.4, 0.5) is 0 Å². The minimum absolute atomic E-state index is 0.152. The number of piperidine rings is 1. The first-order valence-electron chi connectivity index (χ1n) is 7.14. The number of amides is 2. The van der Waals surface area contributed by atoms with Gasteiger partial charge in [-0.3, -0.25) is 9.59 Å². The highest BCUT2D eigenvalue weighted by atomic mass is 16.2. The molecule has 104 valence electrons. The van der Waals surface area contributed by atoms with E-state index in [0.29, 0.717) is 12.1 Å². The zero-order chi connectivity index (χ0) is 13.7. The highest BCUT2D eigenvalue weighted by Crippen LogP contribution is 2.31. The standard InChI is InChI=1S/C12H20N2O2.C2H6/c1-9(15)13-7-5-12(6-8-13)14(10(2)16)11-3-4-11;1-2/h11-12H,3-8H2,1-2H3;1-2H3. The van der Waals surface area contributed by atoms with Gasteiger partial charge in [-0.05, 0) is 25.7 Å². The zero-order valence-corrected chi connectivity index (χ0v) is 12.1. The van der Waals surface area contributed by atoms with Crippen molar-refractivity contribution in [3.05, 3.63) is 0 Å². The summed E-state index contributed by atoms with van der Waals surface area (Å²) in [6.45, 7) is 8.88. The van der Waals surface area contributed by atoms with E-state index >= 15 is 0 Å². The quantitative estimate of drug-likeness (QED) is 0.756. The molecule has 4 heteroatoms. The highest BCUT2D eigenvalue weighted by Gasteiger charge is 2.37. The third-order valence-corrected chi connectivity index (χ3v) is 3.61. The van der Waals surface area contributed by atoms with Crippen molar-refractivity contribution >= 4 is 11.8 Å². The van der Waals surface area contributed by atoms with E-state index in [2.05, 4.69) is 4.90 Å². The van der Waals surface area contributed by atoms with E-state index in [0.717, 1.165) is 38.8 Å². The van der Waals surface area contributed by atoms with Crippen LogP contribution in [0.3, 0.4) is 0 Å². The molecule has 0 aromatic rings. The predicted octanol–water partition coefficient (Wildman–Crippen LogP) is 2.03. The van der Waals surface area contributed by atoms with Crippen molar-refractivity contribution in [3.63, 3.8) is 0 Å². The lowest BCUT2D eigenvalue weighted by atomic mass is 10.0. The lowest BCUT2D eigenvalue weighted by molar-refractivity contribution is -0.134. The van der Waals surface area contributed by atoms with Gasteiger partial charge >= 0.3 is 0 Å². The molecule has 1 heterocycles. The maximum absolute atomic E-state index is 11.6. The van der Waals surface area contributed by atoms with Crippen molar-refractivity contribution in [3.8, 4) is 0 Å². The van der Waals surface area contributed by atoms with Crippen LogP contribution < -0.4 is 0 Å². The summed E-state index contributed by atoms with van der Waals surface area (Å²) < 4.78 is 0. The number of likely N-dealkylation sites (tertiary alicyclic amines) is 1. The fourth-order valence-corrected chi connectivity index (χ4v) is 2.62. The Morgan fingerprint density at radius 3 is 1.72 bits per heavy atom. The molecule has 18 heavy (non-hydrogen) atoms. The summed E-state index contributed by atoms with van der Waals surface area (Å²) in [4.78, 5) is 26.7. The van der Waals surface area contributed by atoms with E-state index in [1.54, 1.807) is 13.8 Å². The van der Waals surface area contributed by atoms with Crippen molar-refractivity contribution in [1.29, 1.82) is 0 Å². The third kappa shape index (κ3) is 3.72. The summed E-state index contributed by atoms with van der Waals surface area (Å²) in [7, 11) is 0. The average molecular weight is 254 g/mol. The molecule has 0 bridgehead atoms. The molecule has 4 nitrogen and oxygen atoms in total. The fourth-order valence-electron chi connectivity index (χ4n) is 2.62. The molecule has 1 saturated heterocycles. The summed E-state index contributed by atoms with van der Waals surface area (Å²) in [5, 5.41) is 0. The molecular formula is C14H26N2O2. The van der Waals surface area contributed by atoms with Crippen LogP contribution in [0.5, 0.6) is 0 Å². The molecule has 0 atom stereocenters. The van der Waals surface area contributed by atoms with Gasteiger partial charge in [0.05, 0.1) is 0 Å². The Balaban J connectivity index is 0.000000771. The number of rotatable bonds is 2. The molecule has 1 aliphatic carbocycles.